The van der Waals surface area contributed by atoms with E-state index in [2.05, 4.69) is 22.0 Å². The van der Waals surface area contributed by atoms with Gasteiger partial charge in [-0.3, -0.25) is 0 Å². The minimum absolute atomic E-state index is 0.121. The molecule has 1 atom stereocenters. The number of aromatic nitrogens is 3. The highest BCUT2D eigenvalue weighted by atomic mass is 32.2. The van der Waals surface area contributed by atoms with Crippen LogP contribution in [-0.4, -0.2) is 46.8 Å². The summed E-state index contributed by atoms with van der Waals surface area (Å²) in [5.41, 5.74) is 1.92. The van der Waals surface area contributed by atoms with E-state index in [-0.39, 0.29) is 6.61 Å². The lowest BCUT2D eigenvalue weighted by molar-refractivity contribution is -0.138. The van der Waals surface area contributed by atoms with Crippen molar-refractivity contribution in [3.8, 4) is 11.5 Å². The zero-order valence-corrected chi connectivity index (χ0v) is 18.4. The molecule has 3 rings (SSSR count). The molecule has 0 bridgehead atoms. The summed E-state index contributed by atoms with van der Waals surface area (Å²) >= 11 is 1.53. The number of ether oxygens (including phenoxy) is 3. The molecule has 0 amide bonds. The van der Waals surface area contributed by atoms with Crippen LogP contribution in [0.5, 0.6) is 11.5 Å². The first-order chi connectivity index (χ1) is 14.5. The largest absolute Gasteiger partial charge is 0.493 e. The molecule has 2 heterocycles. The van der Waals surface area contributed by atoms with Gasteiger partial charge in [-0.15, -0.1) is 5.10 Å². The molecule has 0 spiro atoms. The molecule has 1 unspecified atom stereocenters. The summed E-state index contributed by atoms with van der Waals surface area (Å²) < 4.78 is 18.2. The van der Waals surface area contributed by atoms with Crippen LogP contribution in [0.3, 0.4) is 0 Å². The first kappa shape index (κ1) is 21.8. The van der Waals surface area contributed by atoms with Gasteiger partial charge in [0, 0.05) is 5.70 Å². The van der Waals surface area contributed by atoms with Gasteiger partial charge in [0.25, 0.3) is 0 Å². The number of carbonyl (C=O) groups excluding carboxylic acids is 1. The molecule has 0 aliphatic carbocycles. The van der Waals surface area contributed by atoms with E-state index in [0.29, 0.717) is 40.5 Å². The van der Waals surface area contributed by atoms with E-state index in [0.717, 1.165) is 11.3 Å². The Hall–Kier alpha value is -2.94. The molecule has 1 aromatic carbocycles. The molecular formula is C21H26N4O4S. The third-order valence-corrected chi connectivity index (χ3v) is 5.18. The number of hydrogen-bond acceptors (Lipinski definition) is 8. The fraction of sp³-hybridized carbons (Fsp3) is 0.381. The molecule has 1 N–H and O–H groups in total. The number of hydrogen-bond donors (Lipinski definition) is 1. The number of nitrogens with one attached hydrogen (secondary N) is 1. The molecule has 30 heavy (non-hydrogen) atoms. The van der Waals surface area contributed by atoms with Crippen molar-refractivity contribution in [2.24, 2.45) is 0 Å². The number of thioether (sulfide) groups is 1. The lowest BCUT2D eigenvalue weighted by Gasteiger charge is -2.28. The van der Waals surface area contributed by atoms with Gasteiger partial charge >= 0.3 is 5.97 Å². The second-order valence-electron chi connectivity index (χ2n) is 6.39. The third kappa shape index (κ3) is 4.30. The summed E-state index contributed by atoms with van der Waals surface area (Å²) in [5, 5.41) is 8.45. The number of carbonyl (C=O) groups is 1. The third-order valence-electron chi connectivity index (χ3n) is 4.46. The molecule has 1 aliphatic heterocycles. The second kappa shape index (κ2) is 9.71. The Labute approximate surface area is 180 Å². The molecule has 8 nitrogen and oxygen atoms in total. The fourth-order valence-corrected chi connectivity index (χ4v) is 3.79. The summed E-state index contributed by atoms with van der Waals surface area (Å²) in [5.74, 6) is 2.18. The van der Waals surface area contributed by atoms with Gasteiger partial charge < -0.3 is 19.5 Å². The van der Waals surface area contributed by atoms with E-state index in [9.17, 15) is 4.79 Å². The van der Waals surface area contributed by atoms with Gasteiger partial charge in [0.15, 0.2) is 11.5 Å². The van der Waals surface area contributed by atoms with Crippen LogP contribution in [0.2, 0.25) is 0 Å². The number of methoxy groups -OCH3 is 1. The van der Waals surface area contributed by atoms with Crippen LogP contribution in [0.1, 0.15) is 32.4 Å². The highest BCUT2D eigenvalue weighted by molar-refractivity contribution is 7.99. The first-order valence-corrected chi connectivity index (χ1v) is 10.7. The molecule has 2 aromatic rings. The van der Waals surface area contributed by atoms with E-state index >= 15 is 0 Å². The molecule has 0 saturated heterocycles. The Morgan fingerprint density at radius 3 is 2.83 bits per heavy atom. The summed E-state index contributed by atoms with van der Waals surface area (Å²) in [6.45, 7) is 10.0. The topological polar surface area (TPSA) is 87.5 Å². The Kier molecular flexibility index (Phi) is 7.04. The maximum absolute atomic E-state index is 12.9. The maximum atomic E-state index is 12.9. The molecule has 1 aliphatic rings. The van der Waals surface area contributed by atoms with Crippen LogP contribution in [-0.2, 0) is 9.53 Å². The van der Waals surface area contributed by atoms with Crippen LogP contribution in [0.15, 0.2) is 47.3 Å². The van der Waals surface area contributed by atoms with Crippen molar-refractivity contribution >= 4 is 23.7 Å². The number of esters is 1. The first-order valence-electron chi connectivity index (χ1n) is 9.69. The zero-order valence-electron chi connectivity index (χ0n) is 17.6. The lowest BCUT2D eigenvalue weighted by Crippen LogP contribution is -2.29. The summed E-state index contributed by atoms with van der Waals surface area (Å²) in [6.07, 6.45) is 1.54. The Morgan fingerprint density at radius 1 is 1.37 bits per heavy atom. The molecule has 9 heteroatoms. The van der Waals surface area contributed by atoms with E-state index in [1.54, 1.807) is 11.8 Å². The van der Waals surface area contributed by atoms with Crippen LogP contribution in [0, 0.1) is 0 Å². The van der Waals surface area contributed by atoms with Gasteiger partial charge in [0.1, 0.15) is 12.6 Å². The van der Waals surface area contributed by atoms with Gasteiger partial charge in [-0.2, -0.15) is 4.98 Å². The van der Waals surface area contributed by atoms with Crippen LogP contribution in [0.4, 0.5) is 5.95 Å². The molecule has 160 valence electrons. The number of fused-ring (bicyclic) bond motifs is 1. The van der Waals surface area contributed by atoms with Gasteiger partial charge in [0.05, 0.1) is 19.3 Å². The van der Waals surface area contributed by atoms with E-state index in [1.807, 2.05) is 39.0 Å². The van der Waals surface area contributed by atoms with Crippen molar-refractivity contribution < 1.29 is 19.0 Å². The van der Waals surface area contributed by atoms with Crippen LogP contribution < -0.4 is 14.8 Å². The van der Waals surface area contributed by atoms with Crippen molar-refractivity contribution in [1.29, 1.82) is 0 Å². The Morgan fingerprint density at radius 2 is 2.17 bits per heavy atom. The average molecular weight is 431 g/mol. The van der Waals surface area contributed by atoms with Crippen LogP contribution in [0.25, 0.3) is 0 Å². The number of rotatable bonds is 9. The molecule has 1 aromatic heterocycles. The predicted octanol–water partition coefficient (Wildman–Crippen LogP) is 3.82. The van der Waals surface area contributed by atoms with Gasteiger partial charge in [-0.1, -0.05) is 37.4 Å². The summed E-state index contributed by atoms with van der Waals surface area (Å²) in [4.78, 5) is 17.5. The van der Waals surface area contributed by atoms with Gasteiger partial charge in [0.2, 0.25) is 11.1 Å². The number of nitrogens with zero attached hydrogens (tertiary/aromatic N) is 3. The second-order valence-corrected chi connectivity index (χ2v) is 7.62. The monoisotopic (exact) mass is 430 g/mol. The van der Waals surface area contributed by atoms with Gasteiger partial charge in [-0.25, -0.2) is 9.48 Å². The average Bonchev–Trinajstić information content (AvgIpc) is 3.13. The van der Waals surface area contributed by atoms with E-state index in [4.69, 9.17) is 14.2 Å². The smallest absolute Gasteiger partial charge is 0.338 e. The molecule has 0 radical (unpaired) electrons. The number of allylic oxidation sites excluding steroid dienone is 1. The van der Waals surface area contributed by atoms with Crippen molar-refractivity contribution in [3.05, 3.63) is 47.7 Å². The number of anilines is 1. The highest BCUT2D eigenvalue weighted by Gasteiger charge is 2.35. The SMILES string of the molecule is C=CCOC(=O)C1=C(C)Nc2nc(SCC)nn2C1c1ccc(OCC)c(OC)c1. The van der Waals surface area contributed by atoms with E-state index in [1.165, 1.54) is 17.8 Å². The Balaban J connectivity index is 2.13. The normalized spacial score (nSPS) is 15.3. The fourth-order valence-electron chi connectivity index (χ4n) is 3.24. The van der Waals surface area contributed by atoms with Gasteiger partial charge in [-0.05, 0) is 37.3 Å². The molecule has 0 saturated carbocycles. The predicted molar refractivity (Wildman–Crippen MR) is 116 cm³/mol. The maximum Gasteiger partial charge on any atom is 0.338 e. The van der Waals surface area contributed by atoms with Crippen molar-refractivity contribution in [2.45, 2.75) is 32.0 Å². The van der Waals surface area contributed by atoms with E-state index < -0.39 is 12.0 Å². The zero-order chi connectivity index (χ0) is 21.7. The minimum atomic E-state index is -0.526. The minimum Gasteiger partial charge on any atom is -0.493 e. The summed E-state index contributed by atoms with van der Waals surface area (Å²) in [6, 6.07) is 5.06. The molecule has 0 fully saturated rings. The van der Waals surface area contributed by atoms with Crippen LogP contribution >= 0.6 is 11.8 Å². The standard InChI is InChI=1S/C21H26N4O4S/c1-6-11-29-19(26)17-13(4)22-20-23-21(30-8-3)24-25(20)18(17)14-9-10-15(28-7-2)16(12-14)27-5/h6,9-10,12,18H,1,7-8,11H2,2-5H3,(H,22,23,24). The number of benzene rings is 1. The van der Waals surface area contributed by atoms with Crippen molar-refractivity contribution in [2.75, 3.05) is 31.4 Å². The summed E-state index contributed by atoms with van der Waals surface area (Å²) in [7, 11) is 1.58. The Bertz CT molecular complexity index is 970. The van der Waals surface area contributed by atoms with Crippen molar-refractivity contribution in [3.63, 3.8) is 0 Å². The van der Waals surface area contributed by atoms with Crippen molar-refractivity contribution in [1.82, 2.24) is 14.8 Å². The molecular weight excluding hydrogens is 404 g/mol. The quantitative estimate of drug-likeness (QED) is 0.365. The lowest BCUT2D eigenvalue weighted by atomic mass is 9.95. The highest BCUT2D eigenvalue weighted by Crippen LogP contribution is 2.39.